The number of hydrogen-bond donors (Lipinski definition) is 0. The predicted octanol–water partition coefficient (Wildman–Crippen LogP) is 3.12. The minimum atomic E-state index is 0.371. The third kappa shape index (κ3) is 2.63. The van der Waals surface area contributed by atoms with Crippen molar-refractivity contribution in [1.82, 2.24) is 9.97 Å². The summed E-state index contributed by atoms with van der Waals surface area (Å²) in [6.45, 7) is 4.15. The molecule has 0 bridgehead atoms. The first-order valence-corrected chi connectivity index (χ1v) is 5.98. The Hall–Kier alpha value is -1.86. The van der Waals surface area contributed by atoms with Gasteiger partial charge in [-0.15, -0.1) is 0 Å². The number of rotatable bonds is 2. The average molecular weight is 241 g/mol. The van der Waals surface area contributed by atoms with Crippen molar-refractivity contribution in [3.63, 3.8) is 0 Å². The fourth-order valence-corrected chi connectivity index (χ4v) is 2.27. The first-order chi connectivity index (χ1) is 8.20. The molecule has 0 aliphatic heterocycles. The molecule has 2 rings (SSSR count). The highest BCUT2D eigenvalue weighted by atomic mass is 32.2. The van der Waals surface area contributed by atoms with Gasteiger partial charge in [0.1, 0.15) is 11.1 Å². The molecule has 0 unspecified atom stereocenters. The van der Waals surface area contributed by atoms with E-state index in [-0.39, 0.29) is 0 Å². The topological polar surface area (TPSA) is 49.6 Å². The largest absolute Gasteiger partial charge is 0.245 e. The van der Waals surface area contributed by atoms with Gasteiger partial charge in [-0.2, -0.15) is 5.26 Å². The predicted molar refractivity (Wildman–Crippen MR) is 66.8 cm³/mol. The summed E-state index contributed by atoms with van der Waals surface area (Å²) in [5, 5.41) is 9.58. The molecular formula is C13H11N3S. The van der Waals surface area contributed by atoms with Crippen molar-refractivity contribution >= 4 is 11.8 Å². The molecule has 0 fully saturated rings. The van der Waals surface area contributed by atoms with E-state index in [1.165, 1.54) is 29.1 Å². The lowest BCUT2D eigenvalue weighted by Crippen LogP contribution is -1.90. The normalized spacial score (nSPS) is 9.94. The maximum atomic E-state index is 8.93. The van der Waals surface area contributed by atoms with Crippen LogP contribution in [0.1, 0.15) is 16.8 Å². The monoisotopic (exact) mass is 241 g/mol. The van der Waals surface area contributed by atoms with Crippen molar-refractivity contribution < 1.29 is 0 Å². The van der Waals surface area contributed by atoms with Crippen LogP contribution < -0.4 is 0 Å². The fraction of sp³-hybridized carbons (Fsp3) is 0.154. The van der Waals surface area contributed by atoms with Gasteiger partial charge in [-0.25, -0.2) is 9.97 Å². The van der Waals surface area contributed by atoms with E-state index >= 15 is 0 Å². The zero-order valence-corrected chi connectivity index (χ0v) is 10.5. The first kappa shape index (κ1) is 11.6. The van der Waals surface area contributed by atoms with Crippen molar-refractivity contribution in [2.45, 2.75) is 23.8 Å². The Morgan fingerprint density at radius 1 is 1.12 bits per heavy atom. The Morgan fingerprint density at radius 3 is 2.59 bits per heavy atom. The van der Waals surface area contributed by atoms with Gasteiger partial charge < -0.3 is 0 Å². The van der Waals surface area contributed by atoms with Crippen molar-refractivity contribution in [1.29, 1.82) is 5.26 Å². The van der Waals surface area contributed by atoms with Gasteiger partial charge in [-0.3, -0.25) is 0 Å². The molecule has 0 amide bonds. The van der Waals surface area contributed by atoms with Crippen LogP contribution in [0.2, 0.25) is 0 Å². The van der Waals surface area contributed by atoms with Crippen LogP contribution in [0.15, 0.2) is 40.5 Å². The minimum Gasteiger partial charge on any atom is -0.245 e. The maximum Gasteiger partial charge on any atom is 0.173 e. The van der Waals surface area contributed by atoms with Gasteiger partial charge in [-0.05, 0) is 37.1 Å². The van der Waals surface area contributed by atoms with Gasteiger partial charge in [-0.1, -0.05) is 17.8 Å². The highest BCUT2D eigenvalue weighted by Crippen LogP contribution is 2.28. The van der Waals surface area contributed by atoms with Gasteiger partial charge in [0, 0.05) is 17.3 Å². The van der Waals surface area contributed by atoms with Gasteiger partial charge in [0.15, 0.2) is 5.69 Å². The van der Waals surface area contributed by atoms with Crippen molar-refractivity contribution in [2.75, 3.05) is 0 Å². The van der Waals surface area contributed by atoms with E-state index in [4.69, 9.17) is 5.26 Å². The SMILES string of the molecule is Cc1ccc(Sc2nccnc2C#N)cc1C. The van der Waals surface area contributed by atoms with Crippen molar-refractivity contribution in [2.24, 2.45) is 0 Å². The smallest absolute Gasteiger partial charge is 0.173 e. The van der Waals surface area contributed by atoms with E-state index in [9.17, 15) is 0 Å². The molecule has 0 aliphatic rings. The standard InChI is InChI=1S/C13H11N3S/c1-9-3-4-11(7-10(9)2)17-13-12(8-14)15-5-6-16-13/h3-7H,1-2H3. The molecule has 1 aromatic carbocycles. The molecule has 1 heterocycles. The number of aromatic nitrogens is 2. The lowest BCUT2D eigenvalue weighted by molar-refractivity contribution is 1.02. The summed E-state index contributed by atoms with van der Waals surface area (Å²) in [5.74, 6) is 0. The number of benzene rings is 1. The van der Waals surface area contributed by atoms with Crippen LogP contribution in [-0.4, -0.2) is 9.97 Å². The van der Waals surface area contributed by atoms with Crippen molar-refractivity contribution in [3.05, 3.63) is 47.4 Å². The molecule has 0 spiro atoms. The summed E-state index contributed by atoms with van der Waals surface area (Å²) < 4.78 is 0. The zero-order chi connectivity index (χ0) is 12.3. The molecular weight excluding hydrogens is 230 g/mol. The molecule has 0 saturated heterocycles. The van der Waals surface area contributed by atoms with E-state index < -0.39 is 0 Å². The molecule has 0 saturated carbocycles. The van der Waals surface area contributed by atoms with Gasteiger partial charge >= 0.3 is 0 Å². The van der Waals surface area contributed by atoms with Crippen LogP contribution in [0.3, 0.4) is 0 Å². The Balaban J connectivity index is 2.32. The molecule has 2 aromatic rings. The van der Waals surface area contributed by atoms with Gasteiger partial charge in [0.05, 0.1) is 0 Å². The highest BCUT2D eigenvalue weighted by Gasteiger charge is 2.06. The third-order valence-electron chi connectivity index (χ3n) is 2.46. The molecule has 0 aliphatic carbocycles. The second-order valence-electron chi connectivity index (χ2n) is 3.67. The Kier molecular flexibility index (Phi) is 3.40. The van der Waals surface area contributed by atoms with E-state index in [2.05, 4.69) is 35.9 Å². The van der Waals surface area contributed by atoms with Crippen LogP contribution >= 0.6 is 11.8 Å². The zero-order valence-electron chi connectivity index (χ0n) is 9.64. The van der Waals surface area contributed by atoms with E-state index in [1.807, 2.05) is 12.1 Å². The van der Waals surface area contributed by atoms with Crippen LogP contribution in [0, 0.1) is 25.2 Å². The summed E-state index contributed by atoms with van der Waals surface area (Å²) in [5.41, 5.74) is 2.86. The summed E-state index contributed by atoms with van der Waals surface area (Å²) in [6.07, 6.45) is 3.13. The summed E-state index contributed by atoms with van der Waals surface area (Å²) in [4.78, 5) is 9.24. The van der Waals surface area contributed by atoms with E-state index in [1.54, 1.807) is 6.20 Å². The third-order valence-corrected chi connectivity index (χ3v) is 3.45. The number of aryl methyl sites for hydroxylation is 2. The number of nitriles is 1. The Labute approximate surface area is 105 Å². The average Bonchev–Trinajstić information content (AvgIpc) is 2.34. The maximum absolute atomic E-state index is 8.93. The second kappa shape index (κ2) is 4.98. The molecule has 1 aromatic heterocycles. The molecule has 0 radical (unpaired) electrons. The van der Waals surface area contributed by atoms with Gasteiger partial charge in [0.2, 0.25) is 0 Å². The summed E-state index contributed by atoms with van der Waals surface area (Å²) in [7, 11) is 0. The number of nitrogens with zero attached hydrogens (tertiary/aromatic N) is 3. The lowest BCUT2D eigenvalue weighted by Gasteiger charge is -2.04. The quantitative estimate of drug-likeness (QED) is 0.810. The van der Waals surface area contributed by atoms with Crippen LogP contribution in [0.5, 0.6) is 0 Å². The van der Waals surface area contributed by atoms with Crippen LogP contribution in [-0.2, 0) is 0 Å². The van der Waals surface area contributed by atoms with Crippen LogP contribution in [0.25, 0.3) is 0 Å². The first-order valence-electron chi connectivity index (χ1n) is 5.17. The highest BCUT2D eigenvalue weighted by molar-refractivity contribution is 7.99. The van der Waals surface area contributed by atoms with E-state index in [0.717, 1.165) is 4.90 Å². The molecule has 4 heteroatoms. The fourth-order valence-electron chi connectivity index (χ4n) is 1.37. The summed E-state index contributed by atoms with van der Waals surface area (Å²) >= 11 is 1.47. The van der Waals surface area contributed by atoms with Crippen LogP contribution in [0.4, 0.5) is 0 Å². The molecule has 3 nitrogen and oxygen atoms in total. The van der Waals surface area contributed by atoms with Crippen molar-refractivity contribution in [3.8, 4) is 6.07 Å². The minimum absolute atomic E-state index is 0.371. The Bertz CT molecular complexity index is 587. The Morgan fingerprint density at radius 2 is 1.88 bits per heavy atom. The van der Waals surface area contributed by atoms with Gasteiger partial charge in [0.25, 0.3) is 0 Å². The molecule has 17 heavy (non-hydrogen) atoms. The molecule has 84 valence electrons. The number of hydrogen-bond acceptors (Lipinski definition) is 4. The molecule has 0 atom stereocenters. The molecule has 0 N–H and O–H groups in total. The lowest BCUT2D eigenvalue weighted by atomic mass is 10.1. The second-order valence-corrected chi connectivity index (χ2v) is 4.73. The summed E-state index contributed by atoms with van der Waals surface area (Å²) in [6, 6.07) is 8.24. The van der Waals surface area contributed by atoms with E-state index in [0.29, 0.717) is 10.7 Å².